The molecular formula is C15H19NO2. The highest BCUT2D eigenvalue weighted by atomic mass is 16.6. The summed E-state index contributed by atoms with van der Waals surface area (Å²) in [7, 11) is 0. The first-order valence-corrected chi connectivity index (χ1v) is 6.85. The van der Waals surface area contributed by atoms with Crippen LogP contribution in [0, 0.1) is 5.92 Å². The van der Waals surface area contributed by atoms with Crippen LogP contribution in [0.25, 0.3) is 0 Å². The second-order valence-corrected chi connectivity index (χ2v) is 5.30. The molecule has 3 nitrogen and oxygen atoms in total. The van der Waals surface area contributed by atoms with Crippen molar-refractivity contribution in [1.82, 2.24) is 0 Å². The lowest BCUT2D eigenvalue weighted by molar-refractivity contribution is 0.0268. The molecule has 18 heavy (non-hydrogen) atoms. The maximum Gasteiger partial charge on any atom is 0.136 e. The molecule has 1 aliphatic carbocycles. The van der Waals surface area contributed by atoms with Crippen LogP contribution in [0.2, 0.25) is 0 Å². The quantitative estimate of drug-likeness (QED) is 0.866. The minimum absolute atomic E-state index is 0.222. The number of phenols is 1. The van der Waals surface area contributed by atoms with E-state index >= 15 is 0 Å². The van der Waals surface area contributed by atoms with Gasteiger partial charge in [-0.2, -0.15) is 0 Å². The van der Waals surface area contributed by atoms with Crippen LogP contribution in [0.4, 0.5) is 0 Å². The van der Waals surface area contributed by atoms with Gasteiger partial charge in [0.1, 0.15) is 11.9 Å². The summed E-state index contributed by atoms with van der Waals surface area (Å²) in [6.45, 7) is 0. The summed E-state index contributed by atoms with van der Waals surface area (Å²) in [5.74, 6) is 0.940. The molecule has 1 aromatic rings. The average Bonchev–Trinajstić information content (AvgIpc) is 2.90. The number of hydrogen-bond donors (Lipinski definition) is 1. The molecule has 96 valence electrons. The Balaban J connectivity index is 1.69. The lowest BCUT2D eigenvalue weighted by atomic mass is 9.83. The summed E-state index contributed by atoms with van der Waals surface area (Å²) in [6, 6.07) is 7.35. The van der Waals surface area contributed by atoms with E-state index in [2.05, 4.69) is 5.16 Å². The van der Waals surface area contributed by atoms with E-state index in [0.717, 1.165) is 17.7 Å². The molecule has 2 aliphatic rings. The second kappa shape index (κ2) is 5.01. The van der Waals surface area contributed by atoms with Gasteiger partial charge in [-0.05, 0) is 30.9 Å². The van der Waals surface area contributed by atoms with Crippen LogP contribution in [0.5, 0.6) is 5.75 Å². The minimum atomic E-state index is 0.222. The smallest absolute Gasteiger partial charge is 0.136 e. The van der Waals surface area contributed by atoms with E-state index < -0.39 is 0 Å². The van der Waals surface area contributed by atoms with Crippen LogP contribution < -0.4 is 0 Å². The Morgan fingerprint density at radius 2 is 1.89 bits per heavy atom. The predicted molar refractivity (Wildman–Crippen MR) is 70.7 cm³/mol. The van der Waals surface area contributed by atoms with Gasteiger partial charge in [0.05, 0.1) is 5.71 Å². The van der Waals surface area contributed by atoms with Crippen molar-refractivity contribution in [2.45, 2.75) is 44.6 Å². The fourth-order valence-corrected chi connectivity index (χ4v) is 3.03. The summed E-state index contributed by atoms with van der Waals surface area (Å²) in [5, 5.41) is 14.0. The van der Waals surface area contributed by atoms with E-state index in [1.807, 2.05) is 18.2 Å². The van der Waals surface area contributed by atoms with Crippen LogP contribution >= 0.6 is 0 Å². The predicted octanol–water partition coefficient (Wildman–Crippen LogP) is 3.47. The minimum Gasteiger partial charge on any atom is -0.507 e. The van der Waals surface area contributed by atoms with Crippen molar-refractivity contribution in [3.05, 3.63) is 29.8 Å². The Labute approximate surface area is 107 Å². The SMILES string of the molecule is Oc1ccccc1C1=NOC(C2CCCCC2)C1. The van der Waals surface area contributed by atoms with Crippen molar-refractivity contribution < 1.29 is 9.94 Å². The molecule has 3 heteroatoms. The maximum absolute atomic E-state index is 9.83. The molecule has 0 spiro atoms. The zero-order valence-corrected chi connectivity index (χ0v) is 10.5. The largest absolute Gasteiger partial charge is 0.507 e. The van der Waals surface area contributed by atoms with E-state index in [1.54, 1.807) is 6.07 Å². The summed E-state index contributed by atoms with van der Waals surface area (Å²) in [6.07, 6.45) is 7.56. The number of hydrogen-bond acceptors (Lipinski definition) is 3. The monoisotopic (exact) mass is 245 g/mol. The first-order valence-electron chi connectivity index (χ1n) is 6.85. The van der Waals surface area contributed by atoms with Gasteiger partial charge in [0.25, 0.3) is 0 Å². The van der Waals surface area contributed by atoms with Gasteiger partial charge >= 0.3 is 0 Å². The molecule has 1 unspecified atom stereocenters. The zero-order valence-electron chi connectivity index (χ0n) is 10.5. The number of aromatic hydroxyl groups is 1. The van der Waals surface area contributed by atoms with Crippen LogP contribution in [0.15, 0.2) is 29.4 Å². The third-order valence-electron chi connectivity index (χ3n) is 4.08. The molecule has 1 saturated carbocycles. The van der Waals surface area contributed by atoms with Crippen molar-refractivity contribution in [3.8, 4) is 5.75 Å². The number of oxime groups is 1. The van der Waals surface area contributed by atoms with Gasteiger partial charge in [0.15, 0.2) is 0 Å². The summed E-state index contributed by atoms with van der Waals surface area (Å²) in [5.41, 5.74) is 1.71. The van der Waals surface area contributed by atoms with Crippen molar-refractivity contribution in [3.63, 3.8) is 0 Å². The van der Waals surface area contributed by atoms with Crippen molar-refractivity contribution in [2.24, 2.45) is 11.1 Å². The van der Waals surface area contributed by atoms with E-state index in [0.29, 0.717) is 11.7 Å². The van der Waals surface area contributed by atoms with Gasteiger partial charge in [-0.15, -0.1) is 0 Å². The number of benzene rings is 1. The molecule has 1 aromatic carbocycles. The molecule has 0 radical (unpaired) electrons. The Morgan fingerprint density at radius 3 is 2.67 bits per heavy atom. The van der Waals surface area contributed by atoms with Crippen molar-refractivity contribution in [1.29, 1.82) is 0 Å². The number of phenolic OH excluding ortho intramolecular Hbond substituents is 1. The van der Waals surface area contributed by atoms with E-state index in [-0.39, 0.29) is 6.10 Å². The summed E-state index contributed by atoms with van der Waals surface area (Å²) < 4.78 is 0. The van der Waals surface area contributed by atoms with Gasteiger partial charge in [0.2, 0.25) is 0 Å². The highest BCUT2D eigenvalue weighted by Gasteiger charge is 2.31. The van der Waals surface area contributed by atoms with E-state index in [1.165, 1.54) is 32.1 Å². The van der Waals surface area contributed by atoms with E-state index in [4.69, 9.17) is 4.84 Å². The Morgan fingerprint density at radius 1 is 1.11 bits per heavy atom. The molecule has 0 amide bonds. The fourth-order valence-electron chi connectivity index (χ4n) is 3.03. The molecule has 0 aromatic heterocycles. The van der Waals surface area contributed by atoms with Crippen LogP contribution in [0.3, 0.4) is 0 Å². The van der Waals surface area contributed by atoms with Crippen LogP contribution in [-0.4, -0.2) is 16.9 Å². The van der Waals surface area contributed by atoms with Gasteiger partial charge < -0.3 is 9.94 Å². The molecule has 0 bridgehead atoms. The highest BCUT2D eigenvalue weighted by Crippen LogP contribution is 2.33. The summed E-state index contributed by atoms with van der Waals surface area (Å²) in [4.78, 5) is 5.59. The second-order valence-electron chi connectivity index (χ2n) is 5.30. The topological polar surface area (TPSA) is 41.8 Å². The lowest BCUT2D eigenvalue weighted by Gasteiger charge is -2.25. The highest BCUT2D eigenvalue weighted by molar-refractivity contribution is 6.03. The molecular weight excluding hydrogens is 226 g/mol. The molecule has 1 aliphatic heterocycles. The normalized spacial score (nSPS) is 24.7. The number of para-hydroxylation sites is 1. The van der Waals surface area contributed by atoms with Crippen molar-refractivity contribution in [2.75, 3.05) is 0 Å². The average molecular weight is 245 g/mol. The van der Waals surface area contributed by atoms with E-state index in [9.17, 15) is 5.11 Å². The van der Waals surface area contributed by atoms with Gasteiger partial charge in [0, 0.05) is 12.0 Å². The Hall–Kier alpha value is -1.51. The standard InChI is InChI=1S/C15H19NO2/c17-14-9-5-4-8-12(14)13-10-15(18-16-13)11-6-2-1-3-7-11/h4-5,8-9,11,15,17H,1-3,6-7,10H2. The molecule has 1 fully saturated rings. The Kier molecular flexibility index (Phi) is 3.22. The Bertz CT molecular complexity index is 450. The lowest BCUT2D eigenvalue weighted by Crippen LogP contribution is -2.23. The fraction of sp³-hybridized carbons (Fsp3) is 0.533. The van der Waals surface area contributed by atoms with Gasteiger partial charge in [-0.1, -0.05) is 36.6 Å². The van der Waals surface area contributed by atoms with Gasteiger partial charge in [-0.25, -0.2) is 0 Å². The molecule has 3 rings (SSSR count). The number of rotatable bonds is 2. The first-order chi connectivity index (χ1) is 8.84. The summed E-state index contributed by atoms with van der Waals surface area (Å²) >= 11 is 0. The molecule has 1 atom stereocenters. The van der Waals surface area contributed by atoms with Crippen LogP contribution in [0.1, 0.15) is 44.1 Å². The maximum atomic E-state index is 9.83. The zero-order chi connectivity index (χ0) is 12.4. The van der Waals surface area contributed by atoms with Crippen LogP contribution in [-0.2, 0) is 4.84 Å². The molecule has 1 N–H and O–H groups in total. The van der Waals surface area contributed by atoms with Gasteiger partial charge in [-0.3, -0.25) is 0 Å². The number of nitrogens with zero attached hydrogens (tertiary/aromatic N) is 1. The molecule has 0 saturated heterocycles. The van der Waals surface area contributed by atoms with Crippen molar-refractivity contribution >= 4 is 5.71 Å². The third-order valence-corrected chi connectivity index (χ3v) is 4.08. The molecule has 1 heterocycles. The third kappa shape index (κ3) is 2.22. The first kappa shape index (κ1) is 11.6.